The van der Waals surface area contributed by atoms with Gasteiger partial charge in [-0.05, 0) is 41.0 Å². The molecule has 2 heterocycles. The third kappa shape index (κ3) is 8.63. The zero-order valence-electron chi connectivity index (χ0n) is 22.5. The maximum absolute atomic E-state index is 13.1. The molecule has 0 saturated carbocycles. The number of anilines is 1. The number of hydrogen-bond acceptors (Lipinski definition) is 6. The van der Waals surface area contributed by atoms with Crippen molar-refractivity contribution in [1.82, 2.24) is 20.2 Å². The highest BCUT2D eigenvalue weighted by Gasteiger charge is 2.19. The SMILES string of the molecule is O=C(NCc1ccc(F)cc1)c1ccc(CSc2nc(Cl)cc(N3CCN(CC=Cc4ccccc4)CC3)n2)cc1. The van der Waals surface area contributed by atoms with Crippen molar-refractivity contribution < 1.29 is 9.18 Å². The maximum atomic E-state index is 13.1. The molecule has 9 heteroatoms. The summed E-state index contributed by atoms with van der Waals surface area (Å²) in [4.78, 5) is 26.4. The number of thioether (sulfide) groups is 1. The van der Waals surface area contributed by atoms with Crippen LogP contribution in [0.25, 0.3) is 6.08 Å². The van der Waals surface area contributed by atoms with Gasteiger partial charge < -0.3 is 10.2 Å². The molecule has 41 heavy (non-hydrogen) atoms. The van der Waals surface area contributed by atoms with Crippen LogP contribution in [0.3, 0.4) is 0 Å². The zero-order chi connectivity index (χ0) is 28.4. The van der Waals surface area contributed by atoms with Crippen molar-refractivity contribution in [3.63, 3.8) is 0 Å². The first-order chi connectivity index (χ1) is 20.0. The largest absolute Gasteiger partial charge is 0.354 e. The Kier molecular flexibility index (Phi) is 10.0. The Morgan fingerprint density at radius 2 is 1.63 bits per heavy atom. The number of carbonyl (C=O) groups excluding carboxylic acids is 1. The van der Waals surface area contributed by atoms with E-state index in [0.717, 1.165) is 49.7 Å². The molecule has 0 atom stereocenters. The third-order valence-corrected chi connectivity index (χ3v) is 7.89. The van der Waals surface area contributed by atoms with Gasteiger partial charge in [-0.1, -0.05) is 90.1 Å². The summed E-state index contributed by atoms with van der Waals surface area (Å²) in [5, 5.41) is 3.92. The molecule has 1 aliphatic heterocycles. The molecule has 0 spiro atoms. The van der Waals surface area contributed by atoms with Gasteiger partial charge in [-0.3, -0.25) is 9.69 Å². The van der Waals surface area contributed by atoms with Crippen molar-refractivity contribution in [2.45, 2.75) is 17.5 Å². The lowest BCUT2D eigenvalue weighted by Crippen LogP contribution is -2.46. The highest BCUT2D eigenvalue weighted by molar-refractivity contribution is 7.98. The minimum Gasteiger partial charge on any atom is -0.354 e. The van der Waals surface area contributed by atoms with Crippen LogP contribution >= 0.6 is 23.4 Å². The van der Waals surface area contributed by atoms with Crippen LogP contribution < -0.4 is 10.2 Å². The fraction of sp³-hybridized carbons (Fsp3) is 0.219. The number of benzene rings is 3. The summed E-state index contributed by atoms with van der Waals surface area (Å²) >= 11 is 7.88. The van der Waals surface area contributed by atoms with E-state index in [1.165, 1.54) is 29.5 Å². The molecule has 6 nitrogen and oxygen atoms in total. The standard InChI is InChI=1S/C32H31ClFN5OS/c33-29-21-30(39-19-17-38(18-20-39)16-4-7-24-5-2-1-3-6-24)37-32(36-29)41-23-26-8-12-27(13-9-26)31(40)35-22-25-10-14-28(34)15-11-25/h1-15,21H,16-20,22-23H2,(H,35,40). The Balaban J connectivity index is 1.09. The van der Waals surface area contributed by atoms with Gasteiger partial charge >= 0.3 is 0 Å². The second-order valence-electron chi connectivity index (χ2n) is 9.73. The van der Waals surface area contributed by atoms with Crippen molar-refractivity contribution in [3.05, 3.63) is 124 Å². The molecule has 5 rings (SSSR count). The highest BCUT2D eigenvalue weighted by atomic mass is 35.5. The van der Waals surface area contributed by atoms with Crippen molar-refractivity contribution in [1.29, 1.82) is 0 Å². The molecule has 1 amide bonds. The molecule has 3 aromatic carbocycles. The fourth-order valence-corrected chi connectivity index (χ4v) is 5.50. The van der Waals surface area contributed by atoms with Crippen LogP contribution in [-0.2, 0) is 12.3 Å². The number of amides is 1. The molecule has 1 saturated heterocycles. The number of nitrogens with one attached hydrogen (secondary N) is 1. The molecule has 4 aromatic rings. The van der Waals surface area contributed by atoms with E-state index in [4.69, 9.17) is 16.6 Å². The van der Waals surface area contributed by atoms with Gasteiger partial charge in [-0.25, -0.2) is 14.4 Å². The molecule has 0 bridgehead atoms. The predicted molar refractivity (Wildman–Crippen MR) is 165 cm³/mol. The first-order valence-corrected chi connectivity index (χ1v) is 14.9. The Morgan fingerprint density at radius 1 is 0.927 bits per heavy atom. The van der Waals surface area contributed by atoms with E-state index >= 15 is 0 Å². The number of aromatic nitrogens is 2. The maximum Gasteiger partial charge on any atom is 0.251 e. The van der Waals surface area contributed by atoms with Crippen LogP contribution in [0.1, 0.15) is 27.0 Å². The summed E-state index contributed by atoms with van der Waals surface area (Å²) in [6.45, 7) is 4.91. The average Bonchev–Trinajstić information content (AvgIpc) is 3.00. The number of nitrogens with zero attached hydrogens (tertiary/aromatic N) is 4. The van der Waals surface area contributed by atoms with Crippen LogP contribution in [0.2, 0.25) is 5.15 Å². The topological polar surface area (TPSA) is 61.4 Å². The summed E-state index contributed by atoms with van der Waals surface area (Å²) in [6, 6.07) is 25.7. The molecule has 0 unspecified atom stereocenters. The molecular formula is C32H31ClFN5OS. The molecule has 1 aliphatic rings. The van der Waals surface area contributed by atoms with E-state index in [9.17, 15) is 9.18 Å². The van der Waals surface area contributed by atoms with E-state index in [-0.39, 0.29) is 11.7 Å². The van der Waals surface area contributed by atoms with Gasteiger partial charge in [-0.15, -0.1) is 0 Å². The smallest absolute Gasteiger partial charge is 0.251 e. The summed E-state index contributed by atoms with van der Waals surface area (Å²) in [6.07, 6.45) is 4.38. The number of carbonyl (C=O) groups is 1. The molecular weight excluding hydrogens is 557 g/mol. The highest BCUT2D eigenvalue weighted by Crippen LogP contribution is 2.25. The lowest BCUT2D eigenvalue weighted by molar-refractivity contribution is 0.0951. The van der Waals surface area contributed by atoms with Crippen molar-refractivity contribution in [2.24, 2.45) is 0 Å². The molecule has 0 radical (unpaired) electrons. The predicted octanol–water partition coefficient (Wildman–Crippen LogP) is 6.33. The second kappa shape index (κ2) is 14.3. The Labute approximate surface area is 249 Å². The van der Waals surface area contributed by atoms with Crippen LogP contribution in [0.5, 0.6) is 0 Å². The van der Waals surface area contributed by atoms with Gasteiger partial charge in [0.1, 0.15) is 16.8 Å². The van der Waals surface area contributed by atoms with Gasteiger partial charge in [0.25, 0.3) is 5.91 Å². The fourth-order valence-electron chi connectivity index (χ4n) is 4.46. The minimum atomic E-state index is -0.297. The lowest BCUT2D eigenvalue weighted by Gasteiger charge is -2.35. The Morgan fingerprint density at radius 3 is 2.37 bits per heavy atom. The van der Waals surface area contributed by atoms with Gasteiger partial charge in [-0.2, -0.15) is 0 Å². The molecule has 1 aromatic heterocycles. The molecule has 0 aliphatic carbocycles. The van der Waals surface area contributed by atoms with Crippen LogP contribution in [0.4, 0.5) is 10.2 Å². The summed E-state index contributed by atoms with van der Waals surface area (Å²) in [7, 11) is 0. The van der Waals surface area contributed by atoms with E-state index < -0.39 is 0 Å². The van der Waals surface area contributed by atoms with E-state index in [2.05, 4.69) is 56.5 Å². The average molecular weight is 588 g/mol. The van der Waals surface area contributed by atoms with E-state index in [1.54, 1.807) is 24.3 Å². The van der Waals surface area contributed by atoms with Crippen LogP contribution in [0.15, 0.2) is 96.2 Å². The summed E-state index contributed by atoms with van der Waals surface area (Å²) in [5.74, 6) is 1.02. The van der Waals surface area contributed by atoms with Crippen molar-refractivity contribution >= 4 is 41.2 Å². The van der Waals surface area contributed by atoms with Crippen LogP contribution in [-0.4, -0.2) is 53.5 Å². The van der Waals surface area contributed by atoms with Crippen molar-refractivity contribution in [3.8, 4) is 0 Å². The molecule has 1 fully saturated rings. The first-order valence-electron chi connectivity index (χ1n) is 13.5. The normalized spacial score (nSPS) is 14.0. The Hall–Kier alpha value is -3.72. The second-order valence-corrected chi connectivity index (χ2v) is 11.1. The minimum absolute atomic E-state index is 0.177. The van der Waals surface area contributed by atoms with Gasteiger partial charge in [0.2, 0.25) is 0 Å². The summed E-state index contributed by atoms with van der Waals surface area (Å²) < 4.78 is 13.1. The first kappa shape index (κ1) is 28.8. The number of piperazine rings is 1. The van der Waals surface area contributed by atoms with Gasteiger partial charge in [0.05, 0.1) is 0 Å². The van der Waals surface area contributed by atoms with E-state index in [0.29, 0.717) is 28.2 Å². The van der Waals surface area contributed by atoms with Gasteiger partial charge in [0, 0.05) is 56.7 Å². The monoisotopic (exact) mass is 587 g/mol. The molecule has 210 valence electrons. The van der Waals surface area contributed by atoms with Gasteiger partial charge in [0.15, 0.2) is 5.16 Å². The number of rotatable bonds is 10. The zero-order valence-corrected chi connectivity index (χ0v) is 24.1. The molecule has 1 N–H and O–H groups in total. The van der Waals surface area contributed by atoms with Crippen LogP contribution in [0, 0.1) is 5.82 Å². The lowest BCUT2D eigenvalue weighted by atomic mass is 10.1. The quantitative estimate of drug-likeness (QED) is 0.133. The number of halogens is 2. The third-order valence-electron chi connectivity index (χ3n) is 6.78. The van der Waals surface area contributed by atoms with E-state index in [1.807, 2.05) is 24.3 Å². The number of hydrogen-bond donors (Lipinski definition) is 1. The Bertz CT molecular complexity index is 1460. The van der Waals surface area contributed by atoms with Crippen molar-refractivity contribution in [2.75, 3.05) is 37.6 Å². The summed E-state index contributed by atoms with van der Waals surface area (Å²) in [5.41, 5.74) is 3.67.